The Morgan fingerprint density at radius 1 is 0.571 bits per heavy atom. The molecule has 5 nitrogen and oxygen atoms in total. The van der Waals surface area contributed by atoms with Gasteiger partial charge in [0.05, 0.1) is 33.8 Å². The van der Waals surface area contributed by atoms with E-state index in [1.165, 1.54) is 43.7 Å². The predicted octanol–water partition coefficient (Wildman–Crippen LogP) is 10.3. The van der Waals surface area contributed by atoms with Gasteiger partial charge in [-0.2, -0.15) is 0 Å². The maximum atomic E-state index is 4.67. The minimum atomic E-state index is 0.842. The van der Waals surface area contributed by atoms with Crippen molar-refractivity contribution < 1.29 is 0 Å². The molecule has 0 radical (unpaired) electrons. The number of dihydropyridines is 1. The van der Waals surface area contributed by atoms with Gasteiger partial charge < -0.3 is 9.88 Å². The number of nitrogens with one attached hydrogen (secondary N) is 1. The highest BCUT2D eigenvalue weighted by Crippen LogP contribution is 2.39. The molecular formula is C44H33N5. The maximum Gasteiger partial charge on any atom is 0.0892 e. The van der Waals surface area contributed by atoms with Crippen LogP contribution in [0.25, 0.3) is 77.6 Å². The Morgan fingerprint density at radius 2 is 1.29 bits per heavy atom. The second-order valence-corrected chi connectivity index (χ2v) is 12.8. The van der Waals surface area contributed by atoms with Crippen LogP contribution in [0.2, 0.25) is 0 Å². The number of benzene rings is 4. The summed E-state index contributed by atoms with van der Waals surface area (Å²) in [7, 11) is 0. The lowest BCUT2D eigenvalue weighted by molar-refractivity contribution is 0.932. The Morgan fingerprint density at radius 3 is 2.04 bits per heavy atom. The summed E-state index contributed by atoms with van der Waals surface area (Å²) in [6.07, 6.45) is 9.94. The second-order valence-electron chi connectivity index (χ2n) is 12.8. The number of para-hydroxylation sites is 1. The zero-order valence-electron chi connectivity index (χ0n) is 27.4. The van der Waals surface area contributed by atoms with Crippen molar-refractivity contribution >= 4 is 38.3 Å². The third kappa shape index (κ3) is 5.17. The van der Waals surface area contributed by atoms with Crippen LogP contribution in [0.4, 0.5) is 0 Å². The number of allylic oxidation sites excluding steroid dienone is 2. The van der Waals surface area contributed by atoms with Gasteiger partial charge in [-0.15, -0.1) is 0 Å². The van der Waals surface area contributed by atoms with E-state index in [0.717, 1.165) is 57.3 Å². The van der Waals surface area contributed by atoms with E-state index in [1.807, 2.05) is 31.6 Å². The van der Waals surface area contributed by atoms with E-state index in [1.54, 1.807) is 0 Å². The summed E-state index contributed by atoms with van der Waals surface area (Å²) >= 11 is 0. The van der Waals surface area contributed by atoms with Gasteiger partial charge in [0.15, 0.2) is 0 Å². The molecular weight excluding hydrogens is 599 g/mol. The van der Waals surface area contributed by atoms with Crippen molar-refractivity contribution in [2.75, 3.05) is 6.54 Å². The summed E-state index contributed by atoms with van der Waals surface area (Å²) < 4.78 is 2.42. The smallest absolute Gasteiger partial charge is 0.0892 e. The van der Waals surface area contributed by atoms with E-state index >= 15 is 0 Å². The fourth-order valence-corrected chi connectivity index (χ4v) is 6.92. The summed E-state index contributed by atoms with van der Waals surface area (Å²) in [5.41, 5.74) is 14.2. The van der Waals surface area contributed by atoms with Crippen molar-refractivity contribution in [2.24, 2.45) is 0 Å². The first-order chi connectivity index (χ1) is 24.1. The average Bonchev–Trinajstić information content (AvgIpc) is 3.50. The van der Waals surface area contributed by atoms with E-state index in [0.29, 0.717) is 0 Å². The van der Waals surface area contributed by atoms with Gasteiger partial charge in [-0.05, 0) is 108 Å². The van der Waals surface area contributed by atoms with Gasteiger partial charge in [0.25, 0.3) is 0 Å². The number of aromatic nitrogens is 4. The number of rotatable bonds is 5. The number of aryl methyl sites for hydroxylation is 1. The van der Waals surface area contributed by atoms with Gasteiger partial charge in [-0.25, -0.2) is 0 Å². The summed E-state index contributed by atoms with van der Waals surface area (Å²) in [5, 5.41) is 8.36. The molecule has 5 heterocycles. The van der Waals surface area contributed by atoms with Crippen LogP contribution in [-0.2, 0) is 0 Å². The molecule has 0 saturated carbocycles. The molecule has 9 rings (SSSR count). The Labute approximate surface area is 285 Å². The molecule has 4 aromatic carbocycles. The lowest BCUT2D eigenvalue weighted by atomic mass is 9.98. The highest BCUT2D eigenvalue weighted by atomic mass is 15.0. The van der Waals surface area contributed by atoms with E-state index in [-0.39, 0.29) is 0 Å². The number of fused-ring (bicyclic) bond motifs is 5. The first-order valence-electron chi connectivity index (χ1n) is 16.6. The summed E-state index contributed by atoms with van der Waals surface area (Å²) in [6.45, 7) is 5.02. The molecule has 1 aliphatic rings. The molecule has 5 heteroatoms. The molecule has 0 fully saturated rings. The van der Waals surface area contributed by atoms with Gasteiger partial charge >= 0.3 is 0 Å². The molecule has 8 aromatic rings. The van der Waals surface area contributed by atoms with Gasteiger partial charge in [-0.1, -0.05) is 72.3 Å². The average molecular weight is 632 g/mol. The molecule has 1 aliphatic heterocycles. The molecule has 1 N–H and O–H groups in total. The van der Waals surface area contributed by atoms with Gasteiger partial charge in [-0.3, -0.25) is 15.0 Å². The van der Waals surface area contributed by atoms with Crippen LogP contribution in [0.3, 0.4) is 0 Å². The molecule has 0 atom stereocenters. The standard InChI is InChI=1S/C44H33N5/c1-28-8-16-39(47-26-28)41-23-32(18-20-45-41)30-10-13-36-34(22-30)12-15-38-37-14-11-31(25-43(37)49(44(36)38)35-6-4-3-5-7-35)33-19-21-46-42(24-33)40-17-9-29(2)27-48-40/h3-25,27,47H,26H2,1-2H3. The Balaban J connectivity index is 1.20. The second kappa shape index (κ2) is 11.7. The molecule has 0 amide bonds. The molecule has 0 unspecified atom stereocenters. The van der Waals surface area contributed by atoms with E-state index in [9.17, 15) is 0 Å². The molecule has 0 aliphatic carbocycles. The largest absolute Gasteiger partial charge is 0.380 e. The number of hydrogen-bond donors (Lipinski definition) is 1. The van der Waals surface area contributed by atoms with Crippen molar-refractivity contribution in [3.63, 3.8) is 0 Å². The fraction of sp³-hybridized carbons (Fsp3) is 0.0682. The number of hydrogen-bond acceptors (Lipinski definition) is 4. The fourth-order valence-electron chi connectivity index (χ4n) is 6.92. The minimum absolute atomic E-state index is 0.842. The van der Waals surface area contributed by atoms with E-state index in [4.69, 9.17) is 0 Å². The maximum absolute atomic E-state index is 4.67. The summed E-state index contributed by atoms with van der Waals surface area (Å²) in [5.74, 6) is 0. The topological polar surface area (TPSA) is 55.6 Å². The van der Waals surface area contributed by atoms with E-state index < -0.39 is 0 Å². The number of nitrogens with zero attached hydrogens (tertiary/aromatic N) is 4. The quantitative estimate of drug-likeness (QED) is 0.205. The zero-order chi connectivity index (χ0) is 32.9. The molecule has 4 aromatic heterocycles. The SMILES string of the molecule is CC1=CC=C(c2cc(-c3ccc4c(ccc5c6ccc(-c7ccnc(-c8ccc(C)cn8)c7)cc6n(-c6ccccc6)c45)c3)ccn2)NC1. The van der Waals surface area contributed by atoms with Crippen molar-refractivity contribution in [3.05, 3.63) is 163 Å². The van der Waals surface area contributed by atoms with Crippen molar-refractivity contribution in [1.82, 2.24) is 24.8 Å². The predicted molar refractivity (Wildman–Crippen MR) is 202 cm³/mol. The van der Waals surface area contributed by atoms with Crippen LogP contribution in [0, 0.1) is 6.92 Å². The molecule has 0 spiro atoms. The van der Waals surface area contributed by atoms with Gasteiger partial charge in [0, 0.05) is 47.0 Å². The van der Waals surface area contributed by atoms with Gasteiger partial charge in [0.1, 0.15) is 0 Å². The molecule has 0 bridgehead atoms. The van der Waals surface area contributed by atoms with Crippen molar-refractivity contribution in [3.8, 4) is 39.3 Å². The minimum Gasteiger partial charge on any atom is -0.380 e. The van der Waals surface area contributed by atoms with Crippen LogP contribution < -0.4 is 5.32 Å². The first-order valence-corrected chi connectivity index (χ1v) is 16.6. The Kier molecular flexibility index (Phi) is 6.91. The van der Waals surface area contributed by atoms with Crippen LogP contribution in [0.15, 0.2) is 152 Å². The van der Waals surface area contributed by atoms with Gasteiger partial charge in [0.2, 0.25) is 0 Å². The summed E-state index contributed by atoms with van der Waals surface area (Å²) in [4.78, 5) is 13.9. The van der Waals surface area contributed by atoms with Crippen LogP contribution in [0.1, 0.15) is 18.2 Å². The highest BCUT2D eigenvalue weighted by Gasteiger charge is 2.17. The number of pyridine rings is 3. The van der Waals surface area contributed by atoms with Crippen molar-refractivity contribution in [2.45, 2.75) is 13.8 Å². The lowest BCUT2D eigenvalue weighted by Crippen LogP contribution is -2.18. The monoisotopic (exact) mass is 631 g/mol. The first kappa shape index (κ1) is 28.9. The Bertz CT molecular complexity index is 2610. The zero-order valence-corrected chi connectivity index (χ0v) is 27.4. The Hall–Kier alpha value is -6.33. The lowest BCUT2D eigenvalue weighted by Gasteiger charge is -2.15. The molecule has 49 heavy (non-hydrogen) atoms. The molecule has 0 saturated heterocycles. The summed E-state index contributed by atoms with van der Waals surface area (Å²) in [6, 6.07) is 41.4. The van der Waals surface area contributed by atoms with E-state index in [2.05, 4.69) is 153 Å². The van der Waals surface area contributed by atoms with Crippen LogP contribution in [0.5, 0.6) is 0 Å². The highest BCUT2D eigenvalue weighted by molar-refractivity contribution is 6.19. The normalized spacial score (nSPS) is 13.0. The van der Waals surface area contributed by atoms with Crippen LogP contribution in [-0.4, -0.2) is 26.1 Å². The third-order valence-corrected chi connectivity index (χ3v) is 9.49. The molecule has 234 valence electrons. The van der Waals surface area contributed by atoms with Crippen LogP contribution >= 0.6 is 0 Å². The van der Waals surface area contributed by atoms with Crippen molar-refractivity contribution in [1.29, 1.82) is 0 Å². The third-order valence-electron chi connectivity index (χ3n) is 9.49.